The first-order chi connectivity index (χ1) is 21.1. The summed E-state index contributed by atoms with van der Waals surface area (Å²) in [6, 6.07) is 13.2. The summed E-state index contributed by atoms with van der Waals surface area (Å²) in [5.41, 5.74) is 1.97. The second-order valence-corrected chi connectivity index (χ2v) is 11.7. The number of ether oxygens (including phenoxy) is 3. The lowest BCUT2D eigenvalue weighted by atomic mass is 9.84. The van der Waals surface area contributed by atoms with E-state index in [1.165, 1.54) is 38.3 Å². The molecule has 0 bridgehead atoms. The van der Waals surface area contributed by atoms with Crippen molar-refractivity contribution in [2.45, 2.75) is 95.1 Å². The zero-order chi connectivity index (χ0) is 32.1. The molecule has 1 aliphatic carbocycles. The summed E-state index contributed by atoms with van der Waals surface area (Å²) < 4.78 is 16.3. The van der Waals surface area contributed by atoms with Crippen LogP contribution in [0, 0.1) is 16.0 Å². The first-order valence-corrected chi connectivity index (χ1v) is 15.7. The van der Waals surface area contributed by atoms with Crippen LogP contribution in [0.25, 0.3) is 0 Å². The lowest BCUT2D eigenvalue weighted by Gasteiger charge is -2.26. The molecule has 0 aromatic heterocycles. The third kappa shape index (κ3) is 10.2. The molecule has 2 aromatic rings. The van der Waals surface area contributed by atoms with Crippen LogP contribution in [0.3, 0.4) is 0 Å². The van der Waals surface area contributed by atoms with E-state index in [2.05, 4.69) is 13.0 Å². The predicted molar refractivity (Wildman–Crippen MR) is 168 cm³/mol. The molecule has 1 aliphatic rings. The van der Waals surface area contributed by atoms with Crippen molar-refractivity contribution in [1.29, 1.82) is 0 Å². The minimum atomic E-state index is -0.569. The van der Waals surface area contributed by atoms with Gasteiger partial charge in [0.15, 0.2) is 0 Å². The molecular formula is C34H42ClNO8. The van der Waals surface area contributed by atoms with Crippen molar-refractivity contribution in [3.8, 4) is 0 Å². The first kappa shape index (κ1) is 34.8. The van der Waals surface area contributed by atoms with E-state index in [-0.39, 0.29) is 46.5 Å². The Balaban J connectivity index is 1.82. The molecule has 0 amide bonds. The molecule has 0 aliphatic heterocycles. The molecule has 9 nitrogen and oxygen atoms in total. The lowest BCUT2D eigenvalue weighted by molar-refractivity contribution is -0.384. The van der Waals surface area contributed by atoms with Gasteiger partial charge in [-0.15, -0.1) is 11.6 Å². The minimum absolute atomic E-state index is 0.0390. The number of halogens is 1. The van der Waals surface area contributed by atoms with Gasteiger partial charge in [0.1, 0.15) is 12.2 Å². The Hall–Kier alpha value is -3.72. The SMILES string of the molecule is CCCCCC(OC(C)=O)c1ccc([C@@H]2C(CC=CCCCC(=O)OC)[C@H](Cl)C[C@@H]2OC(=O)c2ccc([N+](=O)[O-])cc2)cc1. The summed E-state index contributed by atoms with van der Waals surface area (Å²) in [5, 5.41) is 10.8. The maximum Gasteiger partial charge on any atom is 0.338 e. The summed E-state index contributed by atoms with van der Waals surface area (Å²) in [6.07, 6.45) is 9.88. The van der Waals surface area contributed by atoms with Gasteiger partial charge in [0.2, 0.25) is 0 Å². The van der Waals surface area contributed by atoms with E-state index in [1.54, 1.807) is 0 Å². The fraction of sp³-hybridized carbons (Fsp3) is 0.500. The Morgan fingerprint density at radius 3 is 2.36 bits per heavy atom. The zero-order valence-corrected chi connectivity index (χ0v) is 26.4. The van der Waals surface area contributed by atoms with Crippen LogP contribution in [0.2, 0.25) is 0 Å². The van der Waals surface area contributed by atoms with Crippen molar-refractivity contribution < 1.29 is 33.5 Å². The second-order valence-electron chi connectivity index (χ2n) is 11.1. The fourth-order valence-electron chi connectivity index (χ4n) is 5.69. The van der Waals surface area contributed by atoms with E-state index in [0.29, 0.717) is 25.7 Å². The first-order valence-electron chi connectivity index (χ1n) is 15.2. The number of carbonyl (C=O) groups is 3. The topological polar surface area (TPSA) is 122 Å². The Bertz CT molecular complexity index is 1280. The molecule has 0 radical (unpaired) electrons. The number of non-ortho nitro benzene ring substituents is 1. The van der Waals surface area contributed by atoms with Crippen LogP contribution in [-0.2, 0) is 23.8 Å². The smallest absolute Gasteiger partial charge is 0.338 e. The molecule has 2 aromatic carbocycles. The van der Waals surface area contributed by atoms with Crippen molar-refractivity contribution in [2.24, 2.45) is 5.92 Å². The van der Waals surface area contributed by atoms with Gasteiger partial charge in [0.05, 0.1) is 17.6 Å². The highest BCUT2D eigenvalue weighted by Gasteiger charge is 2.45. The number of esters is 3. The molecule has 44 heavy (non-hydrogen) atoms. The average molecular weight is 628 g/mol. The largest absolute Gasteiger partial charge is 0.469 e. The minimum Gasteiger partial charge on any atom is -0.469 e. The van der Waals surface area contributed by atoms with Crippen LogP contribution in [0.15, 0.2) is 60.7 Å². The average Bonchev–Trinajstić information content (AvgIpc) is 3.31. The Labute approximate surface area is 264 Å². The van der Waals surface area contributed by atoms with Crippen molar-refractivity contribution in [3.63, 3.8) is 0 Å². The van der Waals surface area contributed by atoms with E-state index >= 15 is 0 Å². The molecule has 0 spiro atoms. The van der Waals surface area contributed by atoms with Gasteiger partial charge >= 0.3 is 17.9 Å². The van der Waals surface area contributed by atoms with Gasteiger partial charge < -0.3 is 14.2 Å². The summed E-state index contributed by atoms with van der Waals surface area (Å²) in [7, 11) is 1.37. The number of methoxy groups -OCH3 is 1. The van der Waals surface area contributed by atoms with Gasteiger partial charge in [0, 0.05) is 43.2 Å². The maximum absolute atomic E-state index is 13.1. The van der Waals surface area contributed by atoms with Crippen LogP contribution >= 0.6 is 11.6 Å². The molecule has 0 saturated heterocycles. The summed E-state index contributed by atoms with van der Waals surface area (Å²) in [4.78, 5) is 46.8. The molecule has 2 unspecified atom stereocenters. The molecule has 1 saturated carbocycles. The van der Waals surface area contributed by atoms with Crippen LogP contribution in [0.5, 0.6) is 0 Å². The van der Waals surface area contributed by atoms with Gasteiger partial charge in [-0.05, 0) is 61.3 Å². The summed E-state index contributed by atoms with van der Waals surface area (Å²) >= 11 is 6.89. The third-order valence-electron chi connectivity index (χ3n) is 7.98. The number of benzene rings is 2. The molecular weight excluding hydrogens is 586 g/mol. The van der Waals surface area contributed by atoms with E-state index < -0.39 is 17.0 Å². The highest BCUT2D eigenvalue weighted by atomic mass is 35.5. The van der Waals surface area contributed by atoms with Crippen molar-refractivity contribution in [1.82, 2.24) is 0 Å². The Kier molecular flexibility index (Phi) is 13.9. The number of hydrogen-bond acceptors (Lipinski definition) is 8. The number of unbranched alkanes of at least 4 members (excludes halogenated alkanes) is 3. The van der Waals surface area contributed by atoms with E-state index in [4.69, 9.17) is 25.8 Å². The molecule has 3 rings (SSSR count). The number of rotatable bonds is 16. The molecule has 1 fully saturated rings. The van der Waals surface area contributed by atoms with Crippen LogP contribution in [-0.4, -0.2) is 41.4 Å². The van der Waals surface area contributed by atoms with E-state index in [0.717, 1.165) is 43.2 Å². The monoisotopic (exact) mass is 627 g/mol. The number of carbonyl (C=O) groups excluding carboxylic acids is 3. The number of allylic oxidation sites excluding steroid dienone is 2. The Morgan fingerprint density at radius 1 is 1.05 bits per heavy atom. The maximum atomic E-state index is 13.1. The van der Waals surface area contributed by atoms with Crippen LogP contribution in [0.4, 0.5) is 5.69 Å². The molecule has 0 heterocycles. The number of nitro groups is 1. The van der Waals surface area contributed by atoms with Gasteiger partial charge in [-0.25, -0.2) is 4.79 Å². The number of hydrogen-bond donors (Lipinski definition) is 0. The number of alkyl halides is 1. The standard InChI is InChI=1S/C34H42ClNO8/c1-4-5-8-12-30(43-23(2)37)24-14-16-25(17-15-24)33-28(11-9-6-7-10-13-32(38)42-3)29(35)22-31(33)44-34(39)26-18-20-27(21-19-26)36(40)41/h6,9,14-21,28-31,33H,4-5,7-8,10-13,22H2,1-3H3/t28?,29-,30?,31+,33-/m1/s1. The van der Waals surface area contributed by atoms with Gasteiger partial charge in [-0.2, -0.15) is 0 Å². The molecule has 0 N–H and O–H groups in total. The zero-order valence-electron chi connectivity index (χ0n) is 25.6. The van der Waals surface area contributed by atoms with Gasteiger partial charge in [-0.1, -0.05) is 56.2 Å². The second kappa shape index (κ2) is 17.5. The summed E-state index contributed by atoms with van der Waals surface area (Å²) in [5.74, 6) is -1.38. The normalized spacial score (nSPS) is 20.3. The number of nitrogens with zero attached hydrogens (tertiary/aromatic N) is 1. The number of nitro benzene ring substituents is 1. The Morgan fingerprint density at radius 2 is 1.75 bits per heavy atom. The van der Waals surface area contributed by atoms with Crippen LogP contribution in [0.1, 0.15) is 105 Å². The van der Waals surface area contributed by atoms with Crippen molar-refractivity contribution in [3.05, 3.63) is 87.5 Å². The van der Waals surface area contributed by atoms with Gasteiger partial charge in [0.25, 0.3) is 5.69 Å². The molecule has 10 heteroatoms. The summed E-state index contributed by atoms with van der Waals surface area (Å²) in [6.45, 7) is 3.54. The third-order valence-corrected chi connectivity index (χ3v) is 8.48. The highest BCUT2D eigenvalue weighted by molar-refractivity contribution is 6.21. The van der Waals surface area contributed by atoms with Crippen molar-refractivity contribution >= 4 is 35.2 Å². The van der Waals surface area contributed by atoms with Crippen molar-refractivity contribution in [2.75, 3.05) is 7.11 Å². The molecule has 238 valence electrons. The predicted octanol–water partition coefficient (Wildman–Crippen LogP) is 8.01. The quantitative estimate of drug-likeness (QED) is 0.0349. The van der Waals surface area contributed by atoms with E-state index in [9.17, 15) is 24.5 Å². The lowest BCUT2D eigenvalue weighted by Crippen LogP contribution is -2.24. The van der Waals surface area contributed by atoms with Crippen LogP contribution < -0.4 is 0 Å². The highest BCUT2D eigenvalue weighted by Crippen LogP contribution is 2.46. The molecule has 5 atom stereocenters. The van der Waals surface area contributed by atoms with Gasteiger partial charge in [-0.3, -0.25) is 19.7 Å². The van der Waals surface area contributed by atoms with E-state index in [1.807, 2.05) is 30.3 Å². The fourth-order valence-corrected chi connectivity index (χ4v) is 6.13.